The van der Waals surface area contributed by atoms with Crippen molar-refractivity contribution < 1.29 is 14.3 Å². The molecule has 4 rings (SSSR count). The van der Waals surface area contributed by atoms with E-state index < -0.39 is 0 Å². The van der Waals surface area contributed by atoms with E-state index in [2.05, 4.69) is 22.2 Å². The molecule has 26 heavy (non-hydrogen) atoms. The molecule has 3 aromatic rings. The summed E-state index contributed by atoms with van der Waals surface area (Å²) in [6, 6.07) is 11.2. The summed E-state index contributed by atoms with van der Waals surface area (Å²) in [5.41, 5.74) is 2.08. The lowest BCUT2D eigenvalue weighted by Crippen LogP contribution is -2.15. The van der Waals surface area contributed by atoms with Crippen molar-refractivity contribution in [2.75, 3.05) is 17.9 Å². The van der Waals surface area contributed by atoms with Gasteiger partial charge in [0.2, 0.25) is 12.7 Å². The zero-order chi connectivity index (χ0) is 18.1. The van der Waals surface area contributed by atoms with Gasteiger partial charge in [0.15, 0.2) is 11.5 Å². The molecule has 0 saturated carbocycles. The minimum Gasteiger partial charge on any atom is -0.454 e. The number of hydrogen-bond donors (Lipinski definition) is 1. The zero-order valence-corrected chi connectivity index (χ0v) is 15.2. The third kappa shape index (κ3) is 3.06. The maximum atomic E-state index is 12.7. The maximum absolute atomic E-state index is 12.7. The fraction of sp³-hybridized carbons (Fsp3) is 0.211. The highest BCUT2D eigenvalue weighted by molar-refractivity contribution is 7.99. The molecule has 0 bridgehead atoms. The number of fused-ring (bicyclic) bond motifs is 2. The van der Waals surface area contributed by atoms with Gasteiger partial charge in [0.05, 0.1) is 16.8 Å². The lowest BCUT2D eigenvalue weighted by atomic mass is 10.1. The predicted molar refractivity (Wildman–Crippen MR) is 101 cm³/mol. The highest BCUT2D eigenvalue weighted by Gasteiger charge is 2.18. The number of aromatic nitrogens is 2. The molecule has 7 heteroatoms. The topological polar surface area (TPSA) is 73.3 Å². The molecule has 0 unspecified atom stereocenters. The van der Waals surface area contributed by atoms with Crippen LogP contribution in [0.4, 0.5) is 5.95 Å². The molecule has 2 heterocycles. The molecule has 1 amide bonds. The molecule has 1 aliphatic heterocycles. The Balaban J connectivity index is 1.67. The van der Waals surface area contributed by atoms with Gasteiger partial charge in [0.25, 0.3) is 5.91 Å². The number of nitrogens with one attached hydrogen (secondary N) is 1. The van der Waals surface area contributed by atoms with E-state index >= 15 is 0 Å². The second kappa shape index (κ2) is 6.84. The van der Waals surface area contributed by atoms with E-state index in [0.717, 1.165) is 21.7 Å². The van der Waals surface area contributed by atoms with Crippen molar-refractivity contribution >= 4 is 34.5 Å². The number of nitrogens with zero attached hydrogens (tertiary/aromatic N) is 2. The molecule has 132 valence electrons. The molecule has 2 aromatic carbocycles. The summed E-state index contributed by atoms with van der Waals surface area (Å²) in [5.74, 6) is 2.28. The molecule has 0 aliphatic carbocycles. The van der Waals surface area contributed by atoms with E-state index in [1.54, 1.807) is 17.8 Å². The number of hydrogen-bond acceptors (Lipinski definition) is 6. The number of aryl methyl sites for hydroxylation is 1. The second-order valence-corrected chi connectivity index (χ2v) is 7.04. The summed E-state index contributed by atoms with van der Waals surface area (Å²) in [5, 5.41) is 3.68. The van der Waals surface area contributed by atoms with Crippen molar-refractivity contribution in [1.29, 1.82) is 0 Å². The Labute approximate surface area is 154 Å². The van der Waals surface area contributed by atoms with Gasteiger partial charge < -0.3 is 9.47 Å². The van der Waals surface area contributed by atoms with Crippen LogP contribution in [0.3, 0.4) is 0 Å². The number of ether oxygens (including phenoxy) is 2. The quantitative estimate of drug-likeness (QED) is 0.702. The van der Waals surface area contributed by atoms with E-state index in [1.165, 1.54) is 0 Å². The Morgan fingerprint density at radius 1 is 1.19 bits per heavy atom. The van der Waals surface area contributed by atoms with Crippen molar-refractivity contribution in [3.8, 4) is 11.5 Å². The number of benzene rings is 2. The molecule has 6 nitrogen and oxygen atoms in total. The van der Waals surface area contributed by atoms with E-state index in [-0.39, 0.29) is 18.6 Å². The number of thioether (sulfide) groups is 1. The van der Waals surface area contributed by atoms with Crippen LogP contribution in [0.25, 0.3) is 10.9 Å². The Bertz CT molecular complexity index is 1010. The number of carbonyl (C=O) groups is 1. The Morgan fingerprint density at radius 3 is 2.77 bits per heavy atom. The van der Waals surface area contributed by atoms with E-state index in [1.807, 2.05) is 37.3 Å². The number of amides is 1. The van der Waals surface area contributed by atoms with Crippen molar-refractivity contribution in [2.45, 2.75) is 18.7 Å². The minimum atomic E-state index is -0.221. The van der Waals surface area contributed by atoms with Crippen molar-refractivity contribution in [3.63, 3.8) is 0 Å². The average Bonchev–Trinajstić information content (AvgIpc) is 3.08. The SMILES string of the molecule is CCSc1ccccc1C(=O)Nc1nc(C)c2cc3c(cc2n1)OCO3. The summed E-state index contributed by atoms with van der Waals surface area (Å²) in [6.07, 6.45) is 0. The van der Waals surface area contributed by atoms with E-state index in [4.69, 9.17) is 9.47 Å². The first-order chi connectivity index (χ1) is 12.7. The monoisotopic (exact) mass is 367 g/mol. The Hall–Kier alpha value is -2.80. The average molecular weight is 367 g/mol. The zero-order valence-electron chi connectivity index (χ0n) is 14.4. The third-order valence-electron chi connectivity index (χ3n) is 4.04. The van der Waals surface area contributed by atoms with Gasteiger partial charge in [-0.25, -0.2) is 9.97 Å². The van der Waals surface area contributed by atoms with Gasteiger partial charge in [0, 0.05) is 16.3 Å². The largest absolute Gasteiger partial charge is 0.454 e. The first-order valence-corrected chi connectivity index (χ1v) is 9.25. The summed E-state index contributed by atoms with van der Waals surface area (Å²) >= 11 is 1.63. The minimum absolute atomic E-state index is 0.202. The molecule has 1 aromatic heterocycles. The molecular formula is C19H17N3O3S. The smallest absolute Gasteiger partial charge is 0.259 e. The Morgan fingerprint density at radius 2 is 1.96 bits per heavy atom. The molecular weight excluding hydrogens is 350 g/mol. The predicted octanol–water partition coefficient (Wildman–Crippen LogP) is 4.03. The van der Waals surface area contributed by atoms with Crippen LogP contribution in [0.1, 0.15) is 23.0 Å². The van der Waals surface area contributed by atoms with Crippen molar-refractivity contribution in [2.24, 2.45) is 0 Å². The normalized spacial score (nSPS) is 12.4. The first kappa shape index (κ1) is 16.7. The molecule has 0 spiro atoms. The van der Waals surface area contributed by atoms with Gasteiger partial charge in [0.1, 0.15) is 0 Å². The van der Waals surface area contributed by atoms with Crippen LogP contribution in [0, 0.1) is 6.92 Å². The molecule has 0 saturated heterocycles. The van der Waals surface area contributed by atoms with Crippen LogP contribution in [-0.2, 0) is 0 Å². The van der Waals surface area contributed by atoms with Gasteiger partial charge in [-0.15, -0.1) is 11.8 Å². The Kier molecular flexibility index (Phi) is 4.38. The second-order valence-electron chi connectivity index (χ2n) is 5.74. The molecule has 0 fully saturated rings. The van der Waals surface area contributed by atoms with Crippen molar-refractivity contribution in [1.82, 2.24) is 9.97 Å². The maximum Gasteiger partial charge on any atom is 0.259 e. The molecule has 1 aliphatic rings. The van der Waals surface area contributed by atoms with Gasteiger partial charge >= 0.3 is 0 Å². The van der Waals surface area contributed by atoms with Crippen LogP contribution in [0.15, 0.2) is 41.3 Å². The number of carbonyl (C=O) groups excluding carboxylic acids is 1. The van der Waals surface area contributed by atoms with Crippen LogP contribution < -0.4 is 14.8 Å². The fourth-order valence-electron chi connectivity index (χ4n) is 2.83. The van der Waals surface area contributed by atoms with Crippen molar-refractivity contribution in [3.05, 3.63) is 47.7 Å². The van der Waals surface area contributed by atoms with Gasteiger partial charge in [-0.3, -0.25) is 10.1 Å². The summed E-state index contributed by atoms with van der Waals surface area (Å²) < 4.78 is 10.8. The van der Waals surface area contributed by atoms with Crippen LogP contribution >= 0.6 is 11.8 Å². The van der Waals surface area contributed by atoms with Crippen LogP contribution in [-0.4, -0.2) is 28.4 Å². The first-order valence-electron chi connectivity index (χ1n) is 8.27. The lowest BCUT2D eigenvalue weighted by Gasteiger charge is -2.10. The van der Waals surface area contributed by atoms with Gasteiger partial charge in [-0.05, 0) is 30.9 Å². The summed E-state index contributed by atoms with van der Waals surface area (Å²) in [7, 11) is 0. The summed E-state index contributed by atoms with van der Waals surface area (Å²) in [4.78, 5) is 22.5. The standard InChI is InChI=1S/C19H17N3O3S/c1-3-26-17-7-5-4-6-12(17)18(23)22-19-20-11(2)13-8-15-16(25-10-24-15)9-14(13)21-19/h4-9H,3,10H2,1-2H3,(H,20,21,22,23). The lowest BCUT2D eigenvalue weighted by molar-refractivity contribution is 0.102. The van der Waals surface area contributed by atoms with Gasteiger partial charge in [-0.1, -0.05) is 19.1 Å². The van der Waals surface area contributed by atoms with E-state index in [0.29, 0.717) is 22.6 Å². The molecule has 0 radical (unpaired) electrons. The third-order valence-corrected chi connectivity index (χ3v) is 4.99. The molecule has 1 N–H and O–H groups in total. The number of anilines is 1. The summed E-state index contributed by atoms with van der Waals surface area (Å²) in [6.45, 7) is 4.13. The van der Waals surface area contributed by atoms with Gasteiger partial charge in [-0.2, -0.15) is 0 Å². The van der Waals surface area contributed by atoms with Crippen LogP contribution in [0.5, 0.6) is 11.5 Å². The van der Waals surface area contributed by atoms with Crippen LogP contribution in [0.2, 0.25) is 0 Å². The number of rotatable bonds is 4. The fourth-order valence-corrected chi connectivity index (χ4v) is 3.63. The highest BCUT2D eigenvalue weighted by atomic mass is 32.2. The highest BCUT2D eigenvalue weighted by Crippen LogP contribution is 2.36. The molecule has 0 atom stereocenters. The van der Waals surface area contributed by atoms with E-state index in [9.17, 15) is 4.79 Å².